The van der Waals surface area contributed by atoms with Gasteiger partial charge in [-0.05, 0) is 56.7 Å². The molecule has 1 N–H and O–H groups in total. The summed E-state index contributed by atoms with van der Waals surface area (Å²) < 4.78 is 10.5. The molecule has 0 bridgehead atoms. The molecule has 2 rings (SSSR count). The van der Waals surface area contributed by atoms with Crippen molar-refractivity contribution >= 4 is 23.6 Å². The van der Waals surface area contributed by atoms with Gasteiger partial charge in [0.15, 0.2) is 6.10 Å². The Morgan fingerprint density at radius 1 is 1.14 bits per heavy atom. The molecule has 2 aromatic carbocycles. The molecule has 0 aromatic heterocycles. The Morgan fingerprint density at radius 2 is 1.79 bits per heavy atom. The van der Waals surface area contributed by atoms with Crippen molar-refractivity contribution in [2.24, 2.45) is 0 Å². The van der Waals surface area contributed by atoms with Gasteiger partial charge < -0.3 is 14.8 Å². The number of rotatable bonds is 7. The number of esters is 1. The minimum atomic E-state index is -1.06. The zero-order chi connectivity index (χ0) is 20.5. The molecule has 1 atom stereocenters. The Kier molecular flexibility index (Phi) is 7.35. The first kappa shape index (κ1) is 20.7. The standard InChI is InChI=1S/C22H22N2O4/c1-4-27-20-11-9-19(10-12-20)24-21(25)16(3)28-22(26)18(14-23)13-17-7-5-15(2)6-8-17/h5-13,16H,4H2,1-3H3,(H,24,25)/b18-13+/t16-/m0/s1. The van der Waals surface area contributed by atoms with E-state index in [1.807, 2.05) is 32.0 Å². The number of hydrogen-bond acceptors (Lipinski definition) is 5. The van der Waals surface area contributed by atoms with Crippen LogP contribution in [0, 0.1) is 18.3 Å². The van der Waals surface area contributed by atoms with E-state index in [0.717, 1.165) is 5.56 Å². The smallest absolute Gasteiger partial charge is 0.349 e. The van der Waals surface area contributed by atoms with Gasteiger partial charge in [-0.25, -0.2) is 4.79 Å². The highest BCUT2D eigenvalue weighted by Crippen LogP contribution is 2.16. The van der Waals surface area contributed by atoms with Crippen LogP contribution in [-0.2, 0) is 14.3 Å². The first-order valence-corrected chi connectivity index (χ1v) is 8.86. The molecule has 2 aromatic rings. The molecule has 0 saturated heterocycles. The van der Waals surface area contributed by atoms with Crippen LogP contribution in [0.15, 0.2) is 54.1 Å². The van der Waals surface area contributed by atoms with E-state index in [1.54, 1.807) is 36.4 Å². The Balaban J connectivity index is 1.98. The summed E-state index contributed by atoms with van der Waals surface area (Å²) in [5.41, 5.74) is 2.14. The number of hydrogen-bond donors (Lipinski definition) is 1. The number of nitriles is 1. The lowest BCUT2D eigenvalue weighted by Crippen LogP contribution is -2.30. The van der Waals surface area contributed by atoms with E-state index in [1.165, 1.54) is 13.0 Å². The lowest BCUT2D eigenvalue weighted by Gasteiger charge is -2.13. The van der Waals surface area contributed by atoms with Crippen molar-refractivity contribution in [1.82, 2.24) is 0 Å². The first-order valence-electron chi connectivity index (χ1n) is 8.86. The molecular formula is C22H22N2O4. The average Bonchev–Trinajstić information content (AvgIpc) is 2.69. The van der Waals surface area contributed by atoms with Gasteiger partial charge in [0, 0.05) is 5.69 Å². The summed E-state index contributed by atoms with van der Waals surface area (Å²) in [7, 11) is 0. The minimum absolute atomic E-state index is 0.176. The number of carbonyl (C=O) groups excluding carboxylic acids is 2. The topological polar surface area (TPSA) is 88.4 Å². The molecule has 0 saturated carbocycles. The minimum Gasteiger partial charge on any atom is -0.494 e. The molecular weight excluding hydrogens is 356 g/mol. The predicted molar refractivity (Wildman–Crippen MR) is 107 cm³/mol. The average molecular weight is 378 g/mol. The summed E-state index contributed by atoms with van der Waals surface area (Å²) >= 11 is 0. The number of amides is 1. The van der Waals surface area contributed by atoms with Crippen molar-refractivity contribution in [3.8, 4) is 11.8 Å². The number of nitrogens with one attached hydrogen (secondary N) is 1. The third kappa shape index (κ3) is 5.99. The normalized spacial score (nSPS) is 11.9. The van der Waals surface area contributed by atoms with Crippen LogP contribution < -0.4 is 10.1 Å². The van der Waals surface area contributed by atoms with Crippen LogP contribution in [0.1, 0.15) is 25.0 Å². The monoisotopic (exact) mass is 378 g/mol. The highest BCUT2D eigenvalue weighted by molar-refractivity contribution is 6.01. The zero-order valence-corrected chi connectivity index (χ0v) is 16.1. The Morgan fingerprint density at radius 3 is 2.36 bits per heavy atom. The van der Waals surface area contributed by atoms with E-state index in [-0.39, 0.29) is 5.57 Å². The SMILES string of the molecule is CCOc1ccc(NC(=O)[C@H](C)OC(=O)/C(C#N)=C/c2ccc(C)cc2)cc1. The Bertz CT molecular complexity index is 894. The Labute approximate surface area is 164 Å². The maximum Gasteiger partial charge on any atom is 0.349 e. The van der Waals surface area contributed by atoms with Gasteiger partial charge in [0.25, 0.3) is 5.91 Å². The molecule has 144 valence electrons. The maximum atomic E-state index is 12.2. The van der Waals surface area contributed by atoms with Crippen molar-refractivity contribution in [1.29, 1.82) is 5.26 Å². The van der Waals surface area contributed by atoms with Crippen molar-refractivity contribution in [2.75, 3.05) is 11.9 Å². The van der Waals surface area contributed by atoms with E-state index in [0.29, 0.717) is 23.6 Å². The molecule has 6 nitrogen and oxygen atoms in total. The lowest BCUT2D eigenvalue weighted by molar-refractivity contribution is -0.148. The number of nitrogens with zero attached hydrogens (tertiary/aromatic N) is 1. The second-order valence-electron chi connectivity index (χ2n) is 6.07. The predicted octanol–water partition coefficient (Wildman–Crippen LogP) is 3.87. The highest BCUT2D eigenvalue weighted by atomic mass is 16.5. The molecule has 0 aliphatic carbocycles. The molecule has 6 heteroatoms. The quantitative estimate of drug-likeness (QED) is 0.449. The van der Waals surface area contributed by atoms with Crippen LogP contribution in [0.3, 0.4) is 0 Å². The van der Waals surface area contributed by atoms with Gasteiger partial charge in [-0.3, -0.25) is 4.79 Å². The van der Waals surface area contributed by atoms with E-state index in [4.69, 9.17) is 9.47 Å². The molecule has 28 heavy (non-hydrogen) atoms. The molecule has 0 fully saturated rings. The van der Waals surface area contributed by atoms with Crippen molar-refractivity contribution in [2.45, 2.75) is 26.9 Å². The zero-order valence-electron chi connectivity index (χ0n) is 16.1. The number of anilines is 1. The molecule has 0 unspecified atom stereocenters. The number of benzene rings is 2. The summed E-state index contributed by atoms with van der Waals surface area (Å²) in [5, 5.41) is 11.9. The third-order valence-corrected chi connectivity index (χ3v) is 3.81. The van der Waals surface area contributed by atoms with E-state index < -0.39 is 18.0 Å². The molecule has 0 aliphatic heterocycles. The van der Waals surface area contributed by atoms with Crippen molar-refractivity contribution in [3.63, 3.8) is 0 Å². The first-order chi connectivity index (χ1) is 13.4. The fraction of sp³-hybridized carbons (Fsp3) is 0.227. The van der Waals surface area contributed by atoms with E-state index in [2.05, 4.69) is 5.32 Å². The van der Waals surface area contributed by atoms with Gasteiger partial charge in [-0.1, -0.05) is 29.8 Å². The number of aryl methyl sites for hydroxylation is 1. The van der Waals surface area contributed by atoms with Crippen LogP contribution >= 0.6 is 0 Å². The van der Waals surface area contributed by atoms with Crippen molar-refractivity contribution in [3.05, 3.63) is 65.2 Å². The summed E-state index contributed by atoms with van der Waals surface area (Å²) in [6, 6.07) is 16.0. The van der Waals surface area contributed by atoms with Gasteiger partial charge in [-0.15, -0.1) is 0 Å². The molecule has 0 spiro atoms. The summed E-state index contributed by atoms with van der Waals surface area (Å²) in [4.78, 5) is 24.5. The largest absolute Gasteiger partial charge is 0.494 e. The van der Waals surface area contributed by atoms with Gasteiger partial charge in [-0.2, -0.15) is 5.26 Å². The summed E-state index contributed by atoms with van der Waals surface area (Å²) in [5.74, 6) is -0.651. The summed E-state index contributed by atoms with van der Waals surface area (Å²) in [6.45, 7) is 5.82. The molecule has 0 heterocycles. The fourth-order valence-corrected chi connectivity index (χ4v) is 2.29. The van der Waals surface area contributed by atoms with Crippen LogP contribution in [0.25, 0.3) is 6.08 Å². The van der Waals surface area contributed by atoms with Crippen LogP contribution in [0.2, 0.25) is 0 Å². The van der Waals surface area contributed by atoms with Gasteiger partial charge in [0.1, 0.15) is 17.4 Å². The van der Waals surface area contributed by atoms with Gasteiger partial charge in [0.2, 0.25) is 0 Å². The number of carbonyl (C=O) groups is 2. The molecule has 1 amide bonds. The van der Waals surface area contributed by atoms with Crippen LogP contribution in [0.5, 0.6) is 5.75 Å². The van der Waals surface area contributed by atoms with Gasteiger partial charge in [0.05, 0.1) is 6.61 Å². The summed E-state index contributed by atoms with van der Waals surface area (Å²) in [6.07, 6.45) is 0.368. The highest BCUT2D eigenvalue weighted by Gasteiger charge is 2.20. The second-order valence-corrected chi connectivity index (χ2v) is 6.07. The Hall–Kier alpha value is -3.59. The maximum absolute atomic E-state index is 12.2. The third-order valence-electron chi connectivity index (χ3n) is 3.81. The lowest BCUT2D eigenvalue weighted by atomic mass is 10.1. The van der Waals surface area contributed by atoms with Crippen LogP contribution in [0.4, 0.5) is 5.69 Å². The molecule has 0 aliphatic rings. The van der Waals surface area contributed by atoms with Crippen molar-refractivity contribution < 1.29 is 19.1 Å². The molecule has 0 radical (unpaired) electrons. The van der Waals surface area contributed by atoms with Gasteiger partial charge >= 0.3 is 5.97 Å². The number of ether oxygens (including phenoxy) is 2. The van der Waals surface area contributed by atoms with E-state index in [9.17, 15) is 14.9 Å². The van der Waals surface area contributed by atoms with E-state index >= 15 is 0 Å². The van der Waals surface area contributed by atoms with Crippen LogP contribution in [-0.4, -0.2) is 24.6 Å². The fourth-order valence-electron chi connectivity index (χ4n) is 2.29. The second kappa shape index (κ2) is 9.93.